The molecule has 0 saturated heterocycles. The maximum atomic E-state index is 12.2. The Bertz CT molecular complexity index is 1000. The smallest absolute Gasteiger partial charge is 0.275 e. The summed E-state index contributed by atoms with van der Waals surface area (Å²) in [4.78, 5) is 17.3. The Balaban J connectivity index is 1.59. The largest absolute Gasteiger partial charge is 0.486 e. The number of aryl methyl sites for hydroxylation is 1. The molecule has 0 atom stereocenters. The summed E-state index contributed by atoms with van der Waals surface area (Å²) in [5.41, 5.74) is 1.35. The minimum Gasteiger partial charge on any atom is -0.486 e. The molecule has 1 aromatic carbocycles. The monoisotopic (exact) mass is 422 g/mol. The fraction of sp³-hybridized carbons (Fsp3) is 0.312. The van der Waals surface area contributed by atoms with Crippen LogP contribution < -0.4 is 20.3 Å². The van der Waals surface area contributed by atoms with Crippen LogP contribution in [0.15, 0.2) is 27.5 Å². The van der Waals surface area contributed by atoms with E-state index in [-0.39, 0.29) is 5.56 Å². The van der Waals surface area contributed by atoms with Crippen LogP contribution in [-0.2, 0) is 13.0 Å². The van der Waals surface area contributed by atoms with Gasteiger partial charge in [-0.3, -0.25) is 4.79 Å². The number of hydrogen-bond acceptors (Lipinski definition) is 7. The van der Waals surface area contributed by atoms with Crippen molar-refractivity contribution in [1.82, 2.24) is 14.6 Å². The first-order chi connectivity index (χ1) is 12.1. The van der Waals surface area contributed by atoms with Gasteiger partial charge in [0, 0.05) is 22.7 Å². The number of nitrogens with one attached hydrogen (secondary N) is 1. The molecule has 0 amide bonds. The van der Waals surface area contributed by atoms with Crippen molar-refractivity contribution in [3.63, 3.8) is 0 Å². The zero-order chi connectivity index (χ0) is 17.4. The predicted octanol–water partition coefficient (Wildman–Crippen LogP) is 2.86. The summed E-state index contributed by atoms with van der Waals surface area (Å²) in [5.74, 6) is 1.42. The number of halogens is 1. The van der Waals surface area contributed by atoms with E-state index in [0.29, 0.717) is 36.2 Å². The third-order valence-electron chi connectivity index (χ3n) is 3.73. The van der Waals surface area contributed by atoms with E-state index in [2.05, 4.69) is 31.3 Å². The Kier molecular flexibility index (Phi) is 4.34. The molecule has 3 aromatic rings. The molecule has 0 radical (unpaired) electrons. The first-order valence-corrected chi connectivity index (χ1v) is 9.46. The Morgan fingerprint density at radius 1 is 1.28 bits per heavy atom. The molecule has 130 valence electrons. The van der Waals surface area contributed by atoms with E-state index in [1.54, 1.807) is 0 Å². The van der Waals surface area contributed by atoms with Gasteiger partial charge >= 0.3 is 0 Å². The minimum absolute atomic E-state index is 0.168. The molecule has 0 saturated carbocycles. The molecule has 0 bridgehead atoms. The second-order valence-corrected chi connectivity index (χ2v) is 7.35. The maximum absolute atomic E-state index is 12.2. The van der Waals surface area contributed by atoms with Gasteiger partial charge in [-0.25, -0.2) is 4.98 Å². The van der Waals surface area contributed by atoms with Crippen LogP contribution in [0.1, 0.15) is 17.6 Å². The summed E-state index contributed by atoms with van der Waals surface area (Å²) in [6, 6.07) is 5.26. The molecule has 3 heterocycles. The Hall–Kier alpha value is -2.13. The molecule has 9 heteroatoms. The summed E-state index contributed by atoms with van der Waals surface area (Å²) in [6.45, 7) is 3.51. The minimum atomic E-state index is -0.168. The van der Waals surface area contributed by atoms with Crippen LogP contribution in [-0.4, -0.2) is 27.8 Å². The lowest BCUT2D eigenvalue weighted by atomic mass is 10.2. The third kappa shape index (κ3) is 3.21. The fourth-order valence-electron chi connectivity index (χ4n) is 2.51. The van der Waals surface area contributed by atoms with Crippen molar-refractivity contribution in [1.29, 1.82) is 0 Å². The number of rotatable bonds is 4. The van der Waals surface area contributed by atoms with Crippen molar-refractivity contribution in [2.24, 2.45) is 0 Å². The highest BCUT2D eigenvalue weighted by molar-refractivity contribution is 9.10. The molecule has 0 fully saturated rings. The second-order valence-electron chi connectivity index (χ2n) is 5.46. The van der Waals surface area contributed by atoms with E-state index in [1.807, 2.05) is 19.1 Å². The van der Waals surface area contributed by atoms with Crippen molar-refractivity contribution in [2.45, 2.75) is 19.9 Å². The summed E-state index contributed by atoms with van der Waals surface area (Å²) >= 11 is 4.96. The molecule has 1 N–H and O–H groups in total. The van der Waals surface area contributed by atoms with Gasteiger partial charge in [0.25, 0.3) is 5.56 Å². The number of fused-ring (bicyclic) bond motifs is 2. The highest BCUT2D eigenvalue weighted by atomic mass is 79.9. The van der Waals surface area contributed by atoms with Crippen molar-refractivity contribution < 1.29 is 9.47 Å². The molecule has 25 heavy (non-hydrogen) atoms. The number of ether oxygens (including phenoxy) is 2. The van der Waals surface area contributed by atoms with Crippen LogP contribution in [0.2, 0.25) is 0 Å². The van der Waals surface area contributed by atoms with Crippen LogP contribution in [0.5, 0.6) is 11.5 Å². The number of hydrogen-bond donors (Lipinski definition) is 1. The van der Waals surface area contributed by atoms with E-state index in [1.165, 1.54) is 21.9 Å². The molecule has 0 spiro atoms. The van der Waals surface area contributed by atoms with Crippen LogP contribution >= 0.6 is 27.3 Å². The van der Waals surface area contributed by atoms with Gasteiger partial charge in [-0.05, 0) is 22.4 Å². The first kappa shape index (κ1) is 16.3. The van der Waals surface area contributed by atoms with E-state index in [9.17, 15) is 4.79 Å². The van der Waals surface area contributed by atoms with E-state index in [4.69, 9.17) is 9.47 Å². The maximum Gasteiger partial charge on any atom is 0.275 e. The Morgan fingerprint density at radius 2 is 2.04 bits per heavy atom. The average Bonchev–Trinajstić information content (AvgIpc) is 3.04. The normalized spacial score (nSPS) is 13.2. The number of benzene rings is 1. The summed E-state index contributed by atoms with van der Waals surface area (Å²) < 4.78 is 13.4. The van der Waals surface area contributed by atoms with E-state index in [0.717, 1.165) is 27.3 Å². The first-order valence-electron chi connectivity index (χ1n) is 7.85. The lowest BCUT2D eigenvalue weighted by Crippen LogP contribution is -2.17. The molecule has 4 rings (SSSR count). The molecular formula is C16H15BrN4O3S. The number of anilines is 1. The predicted molar refractivity (Wildman–Crippen MR) is 99.0 cm³/mol. The van der Waals surface area contributed by atoms with Crippen molar-refractivity contribution in [3.05, 3.63) is 43.7 Å². The van der Waals surface area contributed by atoms with Gasteiger partial charge < -0.3 is 14.8 Å². The van der Waals surface area contributed by atoms with Crippen LogP contribution in [0, 0.1) is 0 Å². The zero-order valence-electron chi connectivity index (χ0n) is 13.4. The van der Waals surface area contributed by atoms with E-state index < -0.39 is 0 Å². The van der Waals surface area contributed by atoms with Crippen molar-refractivity contribution >= 4 is 37.9 Å². The SMILES string of the molecule is CCc1nn2c(=O)cc(CNc3cc4c(cc3Br)OCCO4)nc2s1. The topological polar surface area (TPSA) is 77.8 Å². The van der Waals surface area contributed by atoms with Gasteiger partial charge in [0.05, 0.1) is 17.9 Å². The van der Waals surface area contributed by atoms with E-state index >= 15 is 0 Å². The summed E-state index contributed by atoms with van der Waals surface area (Å²) in [5, 5.41) is 8.43. The Morgan fingerprint density at radius 3 is 2.80 bits per heavy atom. The van der Waals surface area contributed by atoms with Gasteiger partial charge in [0.2, 0.25) is 4.96 Å². The van der Waals surface area contributed by atoms with Crippen LogP contribution in [0.3, 0.4) is 0 Å². The standard InChI is InChI=1S/C16H15BrN4O3S/c1-2-14-20-21-15(22)5-9(19-16(21)25-14)8-18-11-7-13-12(6-10(11)17)23-3-4-24-13/h5-7,18H,2-4,8H2,1H3. The summed E-state index contributed by atoms with van der Waals surface area (Å²) in [7, 11) is 0. The third-order valence-corrected chi connectivity index (χ3v) is 5.44. The average molecular weight is 423 g/mol. The molecule has 2 aromatic heterocycles. The summed E-state index contributed by atoms with van der Waals surface area (Å²) in [6.07, 6.45) is 0.783. The van der Waals surface area contributed by atoms with Gasteiger partial charge in [-0.1, -0.05) is 18.3 Å². The molecule has 1 aliphatic heterocycles. The van der Waals surface area contributed by atoms with Gasteiger partial charge in [-0.15, -0.1) is 0 Å². The van der Waals surface area contributed by atoms with Gasteiger partial charge in [0.15, 0.2) is 11.5 Å². The molecule has 0 aliphatic carbocycles. The van der Waals surface area contributed by atoms with Crippen LogP contribution in [0.4, 0.5) is 5.69 Å². The second kappa shape index (κ2) is 6.64. The molecular weight excluding hydrogens is 408 g/mol. The quantitative estimate of drug-likeness (QED) is 0.696. The van der Waals surface area contributed by atoms with Crippen molar-refractivity contribution in [3.8, 4) is 11.5 Å². The highest BCUT2D eigenvalue weighted by Gasteiger charge is 2.15. The molecule has 7 nitrogen and oxygen atoms in total. The zero-order valence-corrected chi connectivity index (χ0v) is 15.8. The lowest BCUT2D eigenvalue weighted by Gasteiger charge is -2.20. The highest BCUT2D eigenvalue weighted by Crippen LogP contribution is 2.38. The van der Waals surface area contributed by atoms with Gasteiger partial charge in [-0.2, -0.15) is 9.61 Å². The molecule has 0 unspecified atom stereocenters. The Labute approximate surface area is 155 Å². The van der Waals surface area contributed by atoms with Crippen LogP contribution in [0.25, 0.3) is 4.96 Å². The fourth-order valence-corrected chi connectivity index (χ4v) is 3.83. The molecule has 1 aliphatic rings. The van der Waals surface area contributed by atoms with Crippen molar-refractivity contribution in [2.75, 3.05) is 18.5 Å². The number of nitrogens with zero attached hydrogens (tertiary/aromatic N) is 3. The van der Waals surface area contributed by atoms with Gasteiger partial charge in [0.1, 0.15) is 18.2 Å². The number of aromatic nitrogens is 3. The lowest BCUT2D eigenvalue weighted by molar-refractivity contribution is 0.171.